The molecule has 1 amide bonds. The highest BCUT2D eigenvalue weighted by molar-refractivity contribution is 5.79. The van der Waals surface area contributed by atoms with E-state index >= 15 is 0 Å². The van der Waals surface area contributed by atoms with E-state index in [2.05, 4.69) is 15.4 Å². The van der Waals surface area contributed by atoms with Crippen molar-refractivity contribution in [3.63, 3.8) is 0 Å². The van der Waals surface area contributed by atoms with E-state index in [1.807, 2.05) is 0 Å². The summed E-state index contributed by atoms with van der Waals surface area (Å²) in [6.45, 7) is 0.378. The lowest BCUT2D eigenvalue weighted by molar-refractivity contribution is -0.126. The summed E-state index contributed by atoms with van der Waals surface area (Å²) in [5.74, 6) is 0.612. The molecule has 1 aromatic heterocycles. The number of nitrogens with zero attached hydrogens (tertiary/aromatic N) is 3. The first kappa shape index (κ1) is 13.0. The van der Waals surface area contributed by atoms with Crippen molar-refractivity contribution >= 4 is 5.91 Å². The van der Waals surface area contributed by atoms with E-state index in [1.165, 1.54) is 6.42 Å². The summed E-state index contributed by atoms with van der Waals surface area (Å²) in [6, 6.07) is -0.0100. The van der Waals surface area contributed by atoms with Gasteiger partial charge in [-0.3, -0.25) is 9.48 Å². The van der Waals surface area contributed by atoms with Crippen molar-refractivity contribution in [3.05, 3.63) is 12.2 Å². The molecule has 6 nitrogen and oxygen atoms in total. The highest BCUT2D eigenvalue weighted by Gasteiger charge is 2.26. The molecule has 3 N–H and O–H groups in total. The summed E-state index contributed by atoms with van der Waals surface area (Å²) in [6.07, 6.45) is 6.86. The van der Waals surface area contributed by atoms with Crippen LogP contribution in [0.2, 0.25) is 0 Å². The van der Waals surface area contributed by atoms with Gasteiger partial charge >= 0.3 is 0 Å². The first-order valence-corrected chi connectivity index (χ1v) is 6.54. The average molecular weight is 251 g/mol. The maximum absolute atomic E-state index is 12.1. The maximum atomic E-state index is 12.1. The molecular formula is C12H21N5O. The van der Waals surface area contributed by atoms with Gasteiger partial charge in [0.25, 0.3) is 0 Å². The van der Waals surface area contributed by atoms with Crippen LogP contribution < -0.4 is 11.1 Å². The Kier molecular flexibility index (Phi) is 4.30. The van der Waals surface area contributed by atoms with Gasteiger partial charge in [0, 0.05) is 13.1 Å². The van der Waals surface area contributed by atoms with E-state index in [0.29, 0.717) is 12.4 Å². The van der Waals surface area contributed by atoms with E-state index in [1.54, 1.807) is 18.1 Å². The third-order valence-electron chi connectivity index (χ3n) is 3.47. The molecule has 0 aliphatic heterocycles. The molecule has 0 saturated heterocycles. The molecule has 1 aliphatic carbocycles. The monoisotopic (exact) mass is 251 g/mol. The topological polar surface area (TPSA) is 85.8 Å². The van der Waals surface area contributed by atoms with Gasteiger partial charge in [0.1, 0.15) is 6.33 Å². The lowest BCUT2D eigenvalue weighted by Gasteiger charge is -2.20. The van der Waals surface area contributed by atoms with Crippen molar-refractivity contribution in [2.75, 3.05) is 0 Å². The third-order valence-corrected chi connectivity index (χ3v) is 3.47. The number of carbonyl (C=O) groups is 1. The number of carbonyl (C=O) groups excluding carboxylic acids is 1. The van der Waals surface area contributed by atoms with Crippen LogP contribution in [0.4, 0.5) is 0 Å². The SMILES string of the molecule is Cn1cnc(CNC(=O)C2CCCCCC2N)n1. The summed E-state index contributed by atoms with van der Waals surface area (Å²) in [5, 5.41) is 7.01. The molecule has 1 aliphatic rings. The fourth-order valence-electron chi connectivity index (χ4n) is 2.42. The predicted molar refractivity (Wildman–Crippen MR) is 67.4 cm³/mol. The summed E-state index contributed by atoms with van der Waals surface area (Å²) >= 11 is 0. The molecule has 0 radical (unpaired) electrons. The lowest BCUT2D eigenvalue weighted by Crippen LogP contribution is -2.41. The van der Waals surface area contributed by atoms with Crippen molar-refractivity contribution in [1.29, 1.82) is 0 Å². The Balaban J connectivity index is 1.86. The molecule has 2 unspecified atom stereocenters. The maximum Gasteiger partial charge on any atom is 0.225 e. The Morgan fingerprint density at radius 2 is 2.28 bits per heavy atom. The zero-order valence-electron chi connectivity index (χ0n) is 10.8. The summed E-state index contributed by atoms with van der Waals surface area (Å²) < 4.78 is 1.62. The number of hydrogen-bond acceptors (Lipinski definition) is 4. The molecule has 0 bridgehead atoms. The summed E-state index contributed by atoms with van der Waals surface area (Å²) in [4.78, 5) is 16.2. The molecule has 100 valence electrons. The summed E-state index contributed by atoms with van der Waals surface area (Å²) in [5.41, 5.74) is 6.06. The smallest absolute Gasteiger partial charge is 0.225 e. The summed E-state index contributed by atoms with van der Waals surface area (Å²) in [7, 11) is 1.81. The van der Waals surface area contributed by atoms with Gasteiger partial charge < -0.3 is 11.1 Å². The fraction of sp³-hybridized carbons (Fsp3) is 0.750. The van der Waals surface area contributed by atoms with Crippen molar-refractivity contribution < 1.29 is 4.79 Å². The predicted octanol–water partition coefficient (Wildman–Crippen LogP) is 0.339. The number of rotatable bonds is 3. The first-order valence-electron chi connectivity index (χ1n) is 6.54. The zero-order valence-corrected chi connectivity index (χ0v) is 10.8. The van der Waals surface area contributed by atoms with Crippen molar-refractivity contribution in [2.45, 2.75) is 44.7 Å². The third kappa shape index (κ3) is 3.29. The van der Waals surface area contributed by atoms with Gasteiger partial charge in [-0.2, -0.15) is 5.10 Å². The van der Waals surface area contributed by atoms with Gasteiger partial charge in [-0.15, -0.1) is 0 Å². The van der Waals surface area contributed by atoms with E-state index in [-0.39, 0.29) is 17.9 Å². The Hall–Kier alpha value is -1.43. The molecule has 1 saturated carbocycles. The van der Waals surface area contributed by atoms with Gasteiger partial charge in [-0.25, -0.2) is 4.98 Å². The van der Waals surface area contributed by atoms with Crippen LogP contribution in [0.15, 0.2) is 6.33 Å². The molecular weight excluding hydrogens is 230 g/mol. The van der Waals surface area contributed by atoms with E-state index in [9.17, 15) is 4.79 Å². The lowest BCUT2D eigenvalue weighted by atomic mass is 9.94. The van der Waals surface area contributed by atoms with Crippen LogP contribution in [0.5, 0.6) is 0 Å². The van der Waals surface area contributed by atoms with Crippen molar-refractivity contribution in [2.24, 2.45) is 18.7 Å². The van der Waals surface area contributed by atoms with Crippen LogP contribution >= 0.6 is 0 Å². The Morgan fingerprint density at radius 3 is 3.00 bits per heavy atom. The molecule has 0 aromatic carbocycles. The molecule has 6 heteroatoms. The molecule has 1 aromatic rings. The van der Waals surface area contributed by atoms with E-state index < -0.39 is 0 Å². The number of nitrogens with one attached hydrogen (secondary N) is 1. The Labute approximate surface area is 107 Å². The van der Waals surface area contributed by atoms with Gasteiger partial charge in [-0.05, 0) is 12.8 Å². The van der Waals surface area contributed by atoms with Crippen LogP contribution in [-0.4, -0.2) is 26.7 Å². The first-order chi connectivity index (χ1) is 8.66. The zero-order chi connectivity index (χ0) is 13.0. The van der Waals surface area contributed by atoms with Crippen molar-refractivity contribution in [1.82, 2.24) is 20.1 Å². The Bertz CT molecular complexity index is 403. The molecule has 1 fully saturated rings. The van der Waals surface area contributed by atoms with Gasteiger partial charge in [0.15, 0.2) is 5.82 Å². The second kappa shape index (κ2) is 5.95. The van der Waals surface area contributed by atoms with Gasteiger partial charge in [0.05, 0.1) is 12.5 Å². The molecule has 2 atom stereocenters. The van der Waals surface area contributed by atoms with Crippen LogP contribution in [-0.2, 0) is 18.4 Å². The van der Waals surface area contributed by atoms with E-state index in [4.69, 9.17) is 5.73 Å². The van der Waals surface area contributed by atoms with Crippen LogP contribution in [0.1, 0.15) is 37.9 Å². The molecule has 18 heavy (non-hydrogen) atoms. The number of aromatic nitrogens is 3. The van der Waals surface area contributed by atoms with Gasteiger partial charge in [-0.1, -0.05) is 19.3 Å². The minimum absolute atomic E-state index is 0.0100. The Morgan fingerprint density at radius 1 is 1.50 bits per heavy atom. The van der Waals surface area contributed by atoms with Crippen LogP contribution in [0.25, 0.3) is 0 Å². The molecule has 2 rings (SSSR count). The fourth-order valence-corrected chi connectivity index (χ4v) is 2.42. The number of aryl methyl sites for hydroxylation is 1. The number of nitrogens with two attached hydrogens (primary N) is 1. The second-order valence-corrected chi connectivity index (χ2v) is 4.96. The minimum atomic E-state index is -0.0591. The second-order valence-electron chi connectivity index (χ2n) is 4.96. The number of hydrogen-bond donors (Lipinski definition) is 2. The normalized spacial score (nSPS) is 24.6. The number of amides is 1. The van der Waals surface area contributed by atoms with E-state index in [0.717, 1.165) is 25.7 Å². The van der Waals surface area contributed by atoms with Gasteiger partial charge in [0.2, 0.25) is 5.91 Å². The molecule has 1 heterocycles. The minimum Gasteiger partial charge on any atom is -0.348 e. The van der Waals surface area contributed by atoms with Crippen molar-refractivity contribution in [3.8, 4) is 0 Å². The largest absolute Gasteiger partial charge is 0.348 e. The van der Waals surface area contributed by atoms with Crippen LogP contribution in [0, 0.1) is 5.92 Å². The highest BCUT2D eigenvalue weighted by Crippen LogP contribution is 2.22. The average Bonchev–Trinajstić information content (AvgIpc) is 2.64. The quantitative estimate of drug-likeness (QED) is 0.758. The van der Waals surface area contributed by atoms with Crippen LogP contribution in [0.3, 0.4) is 0 Å². The highest BCUT2D eigenvalue weighted by atomic mass is 16.1. The molecule has 0 spiro atoms. The standard InChI is InChI=1S/C12H21N5O/c1-17-8-15-11(16-17)7-14-12(18)9-5-3-2-4-6-10(9)13/h8-10H,2-7,13H2,1H3,(H,14,18).